The van der Waals surface area contributed by atoms with E-state index in [4.69, 9.17) is 4.74 Å². The molecule has 2 aromatic carbocycles. The maximum Gasteiger partial charge on any atom is 0.420 e. The molecule has 0 bridgehead atoms. The van der Waals surface area contributed by atoms with Crippen molar-refractivity contribution in [1.82, 2.24) is 0 Å². The highest BCUT2D eigenvalue weighted by Gasteiger charge is 2.36. The predicted octanol–water partition coefficient (Wildman–Crippen LogP) is 4.92. The van der Waals surface area contributed by atoms with E-state index in [1.54, 1.807) is 0 Å². The molecule has 20 heavy (non-hydrogen) atoms. The van der Waals surface area contributed by atoms with Crippen LogP contribution in [0.25, 0.3) is 0 Å². The first-order chi connectivity index (χ1) is 9.49. The molecule has 3 rings (SSSR count). The van der Waals surface area contributed by atoms with E-state index in [1.807, 2.05) is 24.3 Å². The lowest BCUT2D eigenvalue weighted by Crippen LogP contribution is -2.10. The van der Waals surface area contributed by atoms with Gasteiger partial charge in [0.25, 0.3) is 0 Å². The highest BCUT2D eigenvalue weighted by molar-refractivity contribution is 7.99. The van der Waals surface area contributed by atoms with E-state index in [9.17, 15) is 13.2 Å². The second-order valence-electron chi connectivity index (χ2n) is 4.27. The quantitative estimate of drug-likeness (QED) is 0.688. The average molecular weight is 297 g/mol. The van der Waals surface area contributed by atoms with Crippen LogP contribution in [-0.4, -0.2) is 7.11 Å². The standard InChI is InChI=1S/C14H10F3NOS/c1-19-11-7-13-10(6-8(11)14(15,16)17)18-9-4-2-3-5-12(9)20-13/h2-7,18H,1H3. The van der Waals surface area contributed by atoms with E-state index >= 15 is 0 Å². The maximum atomic E-state index is 13.0. The SMILES string of the molecule is COc1cc2c(cc1C(F)(F)F)Nc1ccccc1S2. The van der Waals surface area contributed by atoms with Gasteiger partial charge in [-0.2, -0.15) is 13.2 Å². The summed E-state index contributed by atoms with van der Waals surface area (Å²) < 4.78 is 43.8. The van der Waals surface area contributed by atoms with Gasteiger partial charge in [-0.3, -0.25) is 0 Å². The lowest BCUT2D eigenvalue weighted by Gasteiger charge is -2.23. The van der Waals surface area contributed by atoms with Crippen LogP contribution >= 0.6 is 11.8 Å². The van der Waals surface area contributed by atoms with Gasteiger partial charge in [-0.05, 0) is 24.3 Å². The summed E-state index contributed by atoms with van der Waals surface area (Å²) in [6, 6.07) is 10.00. The van der Waals surface area contributed by atoms with Crippen molar-refractivity contribution in [2.45, 2.75) is 16.0 Å². The van der Waals surface area contributed by atoms with E-state index in [2.05, 4.69) is 5.32 Å². The van der Waals surface area contributed by atoms with Gasteiger partial charge in [-0.15, -0.1) is 0 Å². The normalized spacial score (nSPS) is 13.2. The number of fused-ring (bicyclic) bond motifs is 2. The smallest absolute Gasteiger partial charge is 0.420 e. The van der Waals surface area contributed by atoms with Crippen molar-refractivity contribution in [3.8, 4) is 5.75 Å². The molecule has 0 aliphatic carbocycles. The first-order valence-electron chi connectivity index (χ1n) is 5.82. The molecule has 0 aromatic heterocycles. The fraction of sp³-hybridized carbons (Fsp3) is 0.143. The van der Waals surface area contributed by atoms with Crippen molar-refractivity contribution in [3.63, 3.8) is 0 Å². The summed E-state index contributed by atoms with van der Waals surface area (Å²) in [5, 5.41) is 3.03. The molecule has 1 N–H and O–H groups in total. The molecule has 1 heterocycles. The zero-order valence-electron chi connectivity index (χ0n) is 10.4. The Morgan fingerprint density at radius 3 is 2.50 bits per heavy atom. The molecule has 0 unspecified atom stereocenters. The summed E-state index contributed by atoms with van der Waals surface area (Å²) in [6.07, 6.45) is -4.44. The number of anilines is 2. The third-order valence-electron chi connectivity index (χ3n) is 2.98. The molecule has 1 aliphatic rings. The molecule has 1 aliphatic heterocycles. The monoisotopic (exact) mass is 297 g/mol. The molecule has 6 heteroatoms. The van der Waals surface area contributed by atoms with Crippen LogP contribution in [0.1, 0.15) is 5.56 Å². The largest absolute Gasteiger partial charge is 0.496 e. The van der Waals surface area contributed by atoms with Crippen molar-refractivity contribution in [3.05, 3.63) is 42.0 Å². The van der Waals surface area contributed by atoms with Crippen molar-refractivity contribution in [2.24, 2.45) is 0 Å². The average Bonchev–Trinajstić information content (AvgIpc) is 2.42. The fourth-order valence-electron chi connectivity index (χ4n) is 2.06. The minimum atomic E-state index is -4.44. The number of para-hydroxylation sites is 1. The predicted molar refractivity (Wildman–Crippen MR) is 71.8 cm³/mol. The van der Waals surface area contributed by atoms with Crippen molar-refractivity contribution < 1.29 is 17.9 Å². The number of hydrogen-bond acceptors (Lipinski definition) is 3. The van der Waals surface area contributed by atoms with Crippen LogP contribution in [0, 0.1) is 0 Å². The second kappa shape index (κ2) is 4.63. The number of rotatable bonds is 1. The van der Waals surface area contributed by atoms with Crippen LogP contribution in [-0.2, 0) is 6.18 Å². The summed E-state index contributed by atoms with van der Waals surface area (Å²) in [5.41, 5.74) is 0.483. The van der Waals surface area contributed by atoms with Gasteiger partial charge >= 0.3 is 6.18 Å². The van der Waals surface area contributed by atoms with E-state index in [-0.39, 0.29) is 5.75 Å². The van der Waals surface area contributed by atoms with E-state index < -0.39 is 11.7 Å². The molecule has 0 spiro atoms. The minimum Gasteiger partial charge on any atom is -0.496 e. The molecule has 0 atom stereocenters. The van der Waals surface area contributed by atoms with Crippen LogP contribution in [0.15, 0.2) is 46.2 Å². The molecular weight excluding hydrogens is 287 g/mol. The first-order valence-corrected chi connectivity index (χ1v) is 6.64. The summed E-state index contributed by atoms with van der Waals surface area (Å²) in [7, 11) is 1.24. The summed E-state index contributed by atoms with van der Waals surface area (Å²) in [6.45, 7) is 0. The van der Waals surface area contributed by atoms with Gasteiger partial charge in [0.05, 0.1) is 24.0 Å². The maximum absolute atomic E-state index is 13.0. The van der Waals surface area contributed by atoms with E-state index in [1.165, 1.54) is 24.9 Å². The van der Waals surface area contributed by atoms with Crippen LogP contribution < -0.4 is 10.1 Å². The number of ether oxygens (including phenoxy) is 1. The zero-order chi connectivity index (χ0) is 14.3. The molecule has 0 saturated heterocycles. The van der Waals surface area contributed by atoms with Gasteiger partial charge in [-0.25, -0.2) is 0 Å². The molecule has 2 aromatic rings. The summed E-state index contributed by atoms with van der Waals surface area (Å²) in [4.78, 5) is 1.69. The van der Waals surface area contributed by atoms with Crippen LogP contribution in [0.4, 0.5) is 24.5 Å². The fourth-order valence-corrected chi connectivity index (χ4v) is 3.05. The molecular formula is C14H10F3NOS. The Morgan fingerprint density at radius 2 is 1.80 bits per heavy atom. The Morgan fingerprint density at radius 1 is 1.05 bits per heavy atom. The zero-order valence-corrected chi connectivity index (χ0v) is 11.2. The third-order valence-corrected chi connectivity index (χ3v) is 4.12. The molecule has 0 fully saturated rings. The Bertz CT molecular complexity index is 670. The molecule has 2 nitrogen and oxygen atoms in total. The topological polar surface area (TPSA) is 21.3 Å². The number of methoxy groups -OCH3 is 1. The van der Waals surface area contributed by atoms with Gasteiger partial charge in [0.15, 0.2) is 0 Å². The number of hydrogen-bond donors (Lipinski definition) is 1. The Kier molecular flexibility index (Phi) is 3.05. The molecule has 0 amide bonds. The van der Waals surface area contributed by atoms with Gasteiger partial charge < -0.3 is 10.1 Å². The lowest BCUT2D eigenvalue weighted by atomic mass is 10.1. The Balaban J connectivity index is 2.11. The highest BCUT2D eigenvalue weighted by Crippen LogP contribution is 2.48. The van der Waals surface area contributed by atoms with E-state index in [0.717, 1.165) is 16.6 Å². The van der Waals surface area contributed by atoms with E-state index in [0.29, 0.717) is 10.6 Å². The van der Waals surface area contributed by atoms with Crippen molar-refractivity contribution >= 4 is 23.1 Å². The summed E-state index contributed by atoms with van der Waals surface area (Å²) in [5.74, 6) is -0.162. The van der Waals surface area contributed by atoms with Crippen LogP contribution in [0.5, 0.6) is 5.75 Å². The van der Waals surface area contributed by atoms with Crippen molar-refractivity contribution in [2.75, 3.05) is 12.4 Å². The number of halogens is 3. The lowest BCUT2D eigenvalue weighted by molar-refractivity contribution is -0.138. The second-order valence-corrected chi connectivity index (χ2v) is 5.35. The first kappa shape index (κ1) is 13.2. The van der Waals surface area contributed by atoms with Gasteiger partial charge in [-0.1, -0.05) is 23.9 Å². The number of benzene rings is 2. The third kappa shape index (κ3) is 2.20. The van der Waals surface area contributed by atoms with Gasteiger partial charge in [0.1, 0.15) is 5.75 Å². The van der Waals surface area contributed by atoms with Crippen molar-refractivity contribution in [1.29, 1.82) is 0 Å². The van der Waals surface area contributed by atoms with Crippen LogP contribution in [0.3, 0.4) is 0 Å². The molecule has 104 valence electrons. The Hall–Kier alpha value is -1.82. The number of alkyl halides is 3. The highest BCUT2D eigenvalue weighted by atomic mass is 32.2. The molecule has 0 radical (unpaired) electrons. The van der Waals surface area contributed by atoms with Gasteiger partial charge in [0, 0.05) is 9.79 Å². The number of nitrogens with one attached hydrogen (secondary N) is 1. The Labute approximate surface area is 117 Å². The minimum absolute atomic E-state index is 0.162. The van der Waals surface area contributed by atoms with Crippen LogP contribution in [0.2, 0.25) is 0 Å². The molecule has 0 saturated carbocycles. The summed E-state index contributed by atoms with van der Waals surface area (Å²) >= 11 is 1.42. The van der Waals surface area contributed by atoms with Gasteiger partial charge in [0.2, 0.25) is 0 Å².